The minimum Gasteiger partial charge on any atom is -0.381 e. The summed E-state index contributed by atoms with van der Waals surface area (Å²) >= 11 is 0. The summed E-state index contributed by atoms with van der Waals surface area (Å²) in [6.45, 7) is 0. The van der Waals surface area contributed by atoms with Gasteiger partial charge in [0.05, 0.1) is 28.2 Å². The standard InChI is InChI=1S/C23H25N5O3/c1-24-22(29)14-5-10-20-19(11-14)25-21(13-3-7-16(31-2)8-4-13)28(20)15-6-9-17-18(12-15)27-23(30)26-17/h5-6,9-13,16H,3-4,7-8H2,1-2H3,(H,24,29)(H2,26,27,30). The number of H-pyrrole nitrogens is 2. The van der Waals surface area contributed by atoms with E-state index in [4.69, 9.17) is 9.72 Å². The minimum atomic E-state index is -0.226. The molecule has 8 heteroatoms. The number of benzene rings is 2. The zero-order valence-electron chi connectivity index (χ0n) is 17.6. The third kappa shape index (κ3) is 3.42. The van der Waals surface area contributed by atoms with E-state index in [1.54, 1.807) is 14.2 Å². The summed E-state index contributed by atoms with van der Waals surface area (Å²) < 4.78 is 7.70. The van der Waals surface area contributed by atoms with Crippen LogP contribution < -0.4 is 11.0 Å². The van der Waals surface area contributed by atoms with Crippen molar-refractivity contribution in [3.63, 3.8) is 0 Å². The normalized spacial score (nSPS) is 19.2. The van der Waals surface area contributed by atoms with Gasteiger partial charge in [-0.25, -0.2) is 9.78 Å². The molecule has 0 bridgehead atoms. The average Bonchev–Trinajstić information content (AvgIpc) is 3.36. The number of nitrogens with zero attached hydrogens (tertiary/aromatic N) is 2. The van der Waals surface area contributed by atoms with Crippen LogP contribution in [0.2, 0.25) is 0 Å². The molecule has 1 aliphatic rings. The van der Waals surface area contributed by atoms with Crippen LogP contribution in [0.15, 0.2) is 41.2 Å². The van der Waals surface area contributed by atoms with Crippen molar-refractivity contribution in [2.45, 2.75) is 37.7 Å². The molecule has 1 saturated carbocycles. The Morgan fingerprint density at radius 2 is 1.87 bits per heavy atom. The van der Waals surface area contributed by atoms with Gasteiger partial charge in [-0.2, -0.15) is 0 Å². The van der Waals surface area contributed by atoms with Crippen LogP contribution in [0.1, 0.15) is 47.8 Å². The summed E-state index contributed by atoms with van der Waals surface area (Å²) in [5, 5.41) is 2.67. The number of carbonyl (C=O) groups excluding carboxylic acids is 1. The molecule has 31 heavy (non-hydrogen) atoms. The Kier molecular flexibility index (Phi) is 4.86. The van der Waals surface area contributed by atoms with Gasteiger partial charge in [0.1, 0.15) is 5.82 Å². The molecule has 1 fully saturated rings. The predicted molar refractivity (Wildman–Crippen MR) is 119 cm³/mol. The number of imidazole rings is 2. The summed E-state index contributed by atoms with van der Waals surface area (Å²) in [7, 11) is 3.39. The second kappa shape index (κ2) is 7.70. The van der Waals surface area contributed by atoms with Crippen molar-refractivity contribution in [3.8, 4) is 5.69 Å². The molecule has 0 spiro atoms. The SMILES string of the molecule is CNC(=O)c1ccc2c(c1)nc(C1CCC(OC)CC1)n2-c1ccc2[nH]c(=O)[nH]c2c1. The summed E-state index contributed by atoms with van der Waals surface area (Å²) in [4.78, 5) is 34.5. The molecule has 0 unspecified atom stereocenters. The number of ether oxygens (including phenoxy) is 1. The number of carbonyl (C=O) groups is 1. The number of rotatable bonds is 4. The van der Waals surface area contributed by atoms with Gasteiger partial charge in [-0.05, 0) is 62.1 Å². The second-order valence-corrected chi connectivity index (χ2v) is 8.11. The predicted octanol–water partition coefficient (Wildman–Crippen LogP) is 3.23. The van der Waals surface area contributed by atoms with Gasteiger partial charge in [-0.15, -0.1) is 0 Å². The number of aromatic nitrogens is 4. The van der Waals surface area contributed by atoms with E-state index in [1.165, 1.54) is 0 Å². The van der Waals surface area contributed by atoms with E-state index in [-0.39, 0.29) is 11.6 Å². The average molecular weight is 419 g/mol. The van der Waals surface area contributed by atoms with Crippen molar-refractivity contribution in [3.05, 3.63) is 58.3 Å². The molecule has 0 saturated heterocycles. The molecule has 2 aromatic heterocycles. The van der Waals surface area contributed by atoms with Gasteiger partial charge in [0.2, 0.25) is 0 Å². The number of hydrogen-bond acceptors (Lipinski definition) is 4. The molecule has 160 valence electrons. The Labute approximate surface area is 178 Å². The van der Waals surface area contributed by atoms with Crippen LogP contribution in [0.5, 0.6) is 0 Å². The van der Waals surface area contributed by atoms with Crippen LogP contribution >= 0.6 is 0 Å². The number of methoxy groups -OCH3 is 1. The molecule has 1 amide bonds. The molecule has 0 radical (unpaired) electrons. The molecule has 3 N–H and O–H groups in total. The summed E-state index contributed by atoms with van der Waals surface area (Å²) in [6, 6.07) is 11.5. The first-order valence-electron chi connectivity index (χ1n) is 10.6. The number of aromatic amines is 2. The number of hydrogen-bond donors (Lipinski definition) is 3. The van der Waals surface area contributed by atoms with Gasteiger partial charge < -0.3 is 20.0 Å². The molecular weight excluding hydrogens is 394 g/mol. The summed E-state index contributed by atoms with van der Waals surface area (Å²) in [5.41, 5.74) is 4.53. The van der Waals surface area contributed by atoms with Crippen molar-refractivity contribution in [1.29, 1.82) is 0 Å². The lowest BCUT2D eigenvalue weighted by Gasteiger charge is -2.27. The number of fused-ring (bicyclic) bond motifs is 2. The smallest absolute Gasteiger partial charge is 0.323 e. The maximum absolute atomic E-state index is 12.1. The molecule has 0 aliphatic heterocycles. The largest absolute Gasteiger partial charge is 0.381 e. The lowest BCUT2D eigenvalue weighted by atomic mass is 9.86. The molecular formula is C23H25N5O3. The minimum absolute atomic E-state index is 0.134. The maximum Gasteiger partial charge on any atom is 0.323 e. The maximum atomic E-state index is 12.1. The molecule has 4 aromatic rings. The molecule has 5 rings (SSSR count). The first kappa shape index (κ1) is 19.6. The fraction of sp³-hybridized carbons (Fsp3) is 0.348. The van der Waals surface area contributed by atoms with Crippen molar-refractivity contribution in [2.75, 3.05) is 14.2 Å². The molecule has 0 atom stereocenters. The van der Waals surface area contributed by atoms with Crippen LogP contribution in [0, 0.1) is 0 Å². The topological polar surface area (TPSA) is 105 Å². The second-order valence-electron chi connectivity index (χ2n) is 8.11. The van der Waals surface area contributed by atoms with E-state index < -0.39 is 0 Å². The van der Waals surface area contributed by atoms with Crippen molar-refractivity contribution in [2.24, 2.45) is 0 Å². The van der Waals surface area contributed by atoms with Crippen LogP contribution in [0.4, 0.5) is 0 Å². The Bertz CT molecular complexity index is 1320. The van der Waals surface area contributed by atoms with E-state index in [0.717, 1.165) is 59.3 Å². The molecule has 2 heterocycles. The lowest BCUT2D eigenvalue weighted by molar-refractivity contribution is 0.0650. The number of nitrogens with one attached hydrogen (secondary N) is 3. The van der Waals surface area contributed by atoms with E-state index >= 15 is 0 Å². The van der Waals surface area contributed by atoms with Gasteiger partial charge in [0.15, 0.2) is 0 Å². The highest BCUT2D eigenvalue weighted by Crippen LogP contribution is 2.37. The van der Waals surface area contributed by atoms with E-state index in [1.807, 2.05) is 36.4 Å². The number of amides is 1. The van der Waals surface area contributed by atoms with Gasteiger partial charge in [-0.1, -0.05) is 0 Å². The van der Waals surface area contributed by atoms with Gasteiger partial charge in [-0.3, -0.25) is 9.36 Å². The lowest BCUT2D eigenvalue weighted by Crippen LogP contribution is -2.21. The van der Waals surface area contributed by atoms with Crippen LogP contribution in [-0.4, -0.2) is 45.7 Å². The molecule has 8 nitrogen and oxygen atoms in total. The summed E-state index contributed by atoms with van der Waals surface area (Å²) in [5.74, 6) is 1.14. The van der Waals surface area contributed by atoms with Gasteiger partial charge in [0, 0.05) is 31.3 Å². The third-order valence-electron chi connectivity index (χ3n) is 6.30. The van der Waals surface area contributed by atoms with E-state index in [2.05, 4.69) is 19.9 Å². The monoisotopic (exact) mass is 419 g/mol. The van der Waals surface area contributed by atoms with Crippen LogP contribution in [0.25, 0.3) is 27.8 Å². The Morgan fingerprint density at radius 3 is 2.61 bits per heavy atom. The highest BCUT2D eigenvalue weighted by Gasteiger charge is 2.27. The van der Waals surface area contributed by atoms with Gasteiger partial charge >= 0.3 is 5.69 Å². The fourth-order valence-corrected chi connectivity index (χ4v) is 4.65. The zero-order chi connectivity index (χ0) is 21.5. The highest BCUT2D eigenvalue weighted by molar-refractivity contribution is 5.97. The Balaban J connectivity index is 1.67. The van der Waals surface area contributed by atoms with E-state index in [0.29, 0.717) is 17.6 Å². The van der Waals surface area contributed by atoms with Crippen molar-refractivity contribution < 1.29 is 9.53 Å². The van der Waals surface area contributed by atoms with Crippen LogP contribution in [0.3, 0.4) is 0 Å². The first-order valence-corrected chi connectivity index (χ1v) is 10.6. The Hall–Kier alpha value is -3.39. The molecule has 2 aromatic carbocycles. The quantitative estimate of drug-likeness (QED) is 0.472. The fourth-order valence-electron chi connectivity index (χ4n) is 4.65. The molecule has 1 aliphatic carbocycles. The van der Waals surface area contributed by atoms with Gasteiger partial charge in [0.25, 0.3) is 5.91 Å². The van der Waals surface area contributed by atoms with Crippen molar-refractivity contribution in [1.82, 2.24) is 24.8 Å². The van der Waals surface area contributed by atoms with Crippen molar-refractivity contribution >= 4 is 28.0 Å². The van der Waals surface area contributed by atoms with Crippen LogP contribution in [-0.2, 0) is 4.74 Å². The highest BCUT2D eigenvalue weighted by atomic mass is 16.5. The first-order chi connectivity index (χ1) is 15.1. The third-order valence-corrected chi connectivity index (χ3v) is 6.30. The van der Waals surface area contributed by atoms with E-state index in [9.17, 15) is 9.59 Å². The Morgan fingerprint density at radius 1 is 1.10 bits per heavy atom. The summed E-state index contributed by atoms with van der Waals surface area (Å²) in [6.07, 6.45) is 4.28. The zero-order valence-corrected chi connectivity index (χ0v) is 17.6.